The third kappa shape index (κ3) is 7.17. The highest BCUT2D eigenvalue weighted by atomic mass is 19.4. The van der Waals surface area contributed by atoms with Crippen LogP contribution in [0.2, 0.25) is 0 Å². The van der Waals surface area contributed by atoms with Crippen molar-refractivity contribution in [2.75, 3.05) is 0 Å². The van der Waals surface area contributed by atoms with Crippen LogP contribution in [0, 0.1) is 11.8 Å². The summed E-state index contributed by atoms with van der Waals surface area (Å²) < 4.78 is 54.9. The van der Waals surface area contributed by atoms with E-state index < -0.39 is 12.3 Å². The van der Waals surface area contributed by atoms with E-state index in [-0.39, 0.29) is 11.8 Å². The molecule has 0 rings (SSSR count). The molecule has 0 fully saturated rings. The summed E-state index contributed by atoms with van der Waals surface area (Å²) in [6, 6.07) is 0. The standard InChI is InChI=1S/C4F5O/c5-3(6,7)1-2-4(8,9)10. The van der Waals surface area contributed by atoms with E-state index in [2.05, 4.69) is 0 Å². The molecular weight excluding hydrogens is 159 g/mol. The fraction of sp³-hybridized carbons (Fsp3) is 0.500. The van der Waals surface area contributed by atoms with E-state index in [0.29, 0.717) is 0 Å². The van der Waals surface area contributed by atoms with E-state index in [1.54, 1.807) is 0 Å². The minimum atomic E-state index is -5.03. The molecule has 0 aromatic heterocycles. The lowest BCUT2D eigenvalue weighted by atomic mass is 10.5. The normalized spacial score (nSPS) is 12.2. The van der Waals surface area contributed by atoms with Gasteiger partial charge in [-0.25, -0.2) is 0 Å². The molecule has 0 atom stereocenters. The molecule has 0 bridgehead atoms. The number of hydrogen-bond acceptors (Lipinski definition) is 0. The molecule has 0 unspecified atom stereocenters. The van der Waals surface area contributed by atoms with Gasteiger partial charge in [0.05, 0.1) is 0 Å². The van der Waals surface area contributed by atoms with E-state index in [0.717, 1.165) is 0 Å². The average Bonchev–Trinajstić information content (AvgIpc) is 1.57. The third-order valence-electron chi connectivity index (χ3n) is 0.350. The summed E-state index contributed by atoms with van der Waals surface area (Å²) in [5, 5.41) is 9.14. The Bertz CT molecular complexity index is 147. The van der Waals surface area contributed by atoms with Crippen molar-refractivity contribution in [3.05, 3.63) is 0 Å². The first kappa shape index (κ1) is 9.17. The Morgan fingerprint density at radius 2 is 1.30 bits per heavy atom. The van der Waals surface area contributed by atoms with Crippen LogP contribution in [0.15, 0.2) is 0 Å². The lowest BCUT2D eigenvalue weighted by molar-refractivity contribution is -0.193. The van der Waals surface area contributed by atoms with Crippen molar-refractivity contribution in [1.82, 2.24) is 0 Å². The molecule has 1 radical (unpaired) electrons. The fourth-order valence-electron chi connectivity index (χ4n) is 0.144. The average molecular weight is 159 g/mol. The molecule has 0 aromatic carbocycles. The summed E-state index contributed by atoms with van der Waals surface area (Å²) in [7, 11) is 0. The minimum Gasteiger partial charge on any atom is -0.160 e. The Hall–Kier alpha value is -0.830. The quantitative estimate of drug-likeness (QED) is 0.377. The second-order valence-electron chi connectivity index (χ2n) is 1.26. The predicted molar refractivity (Wildman–Crippen MR) is 19.5 cm³/mol. The summed E-state index contributed by atoms with van der Waals surface area (Å²) in [6.07, 6.45) is -9.86. The molecule has 0 aliphatic rings. The number of hydrogen-bond donors (Lipinski definition) is 0. The summed E-state index contributed by atoms with van der Waals surface area (Å²) >= 11 is 0. The Labute approximate surface area is 52.5 Å². The van der Waals surface area contributed by atoms with E-state index >= 15 is 0 Å². The van der Waals surface area contributed by atoms with Crippen LogP contribution >= 0.6 is 0 Å². The Balaban J connectivity index is 4.19. The van der Waals surface area contributed by atoms with Gasteiger partial charge in [0.15, 0.2) is 0 Å². The van der Waals surface area contributed by atoms with Gasteiger partial charge in [0, 0.05) is 11.8 Å². The third-order valence-corrected chi connectivity index (χ3v) is 0.350. The van der Waals surface area contributed by atoms with Crippen molar-refractivity contribution >= 4 is 0 Å². The van der Waals surface area contributed by atoms with Crippen molar-refractivity contribution in [1.29, 1.82) is 0 Å². The molecule has 0 saturated carbocycles. The van der Waals surface area contributed by atoms with Gasteiger partial charge < -0.3 is 0 Å². The van der Waals surface area contributed by atoms with Crippen molar-refractivity contribution in [3.63, 3.8) is 0 Å². The zero-order valence-corrected chi connectivity index (χ0v) is 4.30. The SMILES string of the molecule is [O]C(F)(F)C#CC(F)(F)F. The highest BCUT2D eigenvalue weighted by molar-refractivity contribution is 5.09. The van der Waals surface area contributed by atoms with Gasteiger partial charge in [-0.15, -0.1) is 5.11 Å². The fourth-order valence-corrected chi connectivity index (χ4v) is 0.144. The summed E-state index contributed by atoms with van der Waals surface area (Å²) in [5.41, 5.74) is 0. The van der Waals surface area contributed by atoms with Crippen LogP contribution in [0.5, 0.6) is 0 Å². The van der Waals surface area contributed by atoms with Gasteiger partial charge >= 0.3 is 12.3 Å². The summed E-state index contributed by atoms with van der Waals surface area (Å²) in [5.74, 6) is 0.347. The van der Waals surface area contributed by atoms with Gasteiger partial charge in [0.25, 0.3) is 0 Å². The first-order chi connectivity index (χ1) is 4.21. The molecule has 0 aromatic rings. The van der Waals surface area contributed by atoms with Crippen LogP contribution in [0.25, 0.3) is 0 Å². The topological polar surface area (TPSA) is 19.9 Å². The predicted octanol–water partition coefficient (Wildman–Crippen LogP) is 1.58. The van der Waals surface area contributed by atoms with Gasteiger partial charge in [-0.3, -0.25) is 0 Å². The molecule has 0 spiro atoms. The minimum absolute atomic E-state index is 0.149. The van der Waals surface area contributed by atoms with Crippen molar-refractivity contribution < 1.29 is 27.1 Å². The van der Waals surface area contributed by atoms with Gasteiger partial charge in [0.1, 0.15) is 0 Å². The smallest absolute Gasteiger partial charge is 0.160 e. The molecule has 0 saturated heterocycles. The van der Waals surface area contributed by atoms with E-state index in [1.165, 1.54) is 0 Å². The Morgan fingerprint density at radius 3 is 1.40 bits per heavy atom. The summed E-state index contributed by atoms with van der Waals surface area (Å²) in [6.45, 7) is 0. The maximum atomic E-state index is 11.0. The highest BCUT2D eigenvalue weighted by Gasteiger charge is 2.28. The van der Waals surface area contributed by atoms with E-state index in [4.69, 9.17) is 5.11 Å². The Kier molecular flexibility index (Phi) is 2.22. The van der Waals surface area contributed by atoms with Crippen LogP contribution in [0.4, 0.5) is 22.0 Å². The van der Waals surface area contributed by atoms with Crippen molar-refractivity contribution in [2.45, 2.75) is 12.3 Å². The second kappa shape index (κ2) is 2.42. The lowest BCUT2D eigenvalue weighted by Gasteiger charge is -1.94. The van der Waals surface area contributed by atoms with Crippen LogP contribution in [0.3, 0.4) is 0 Å². The molecule has 0 aliphatic heterocycles. The van der Waals surface area contributed by atoms with Crippen LogP contribution in [-0.4, -0.2) is 12.3 Å². The van der Waals surface area contributed by atoms with E-state index in [1.807, 2.05) is 0 Å². The molecule has 0 heterocycles. The Morgan fingerprint density at radius 1 is 0.900 bits per heavy atom. The zero-order chi connectivity index (χ0) is 8.41. The molecule has 6 heteroatoms. The molecule has 0 aliphatic carbocycles. The number of alkyl halides is 5. The lowest BCUT2D eigenvalue weighted by Crippen LogP contribution is -2.11. The maximum Gasteiger partial charge on any atom is 0.457 e. The van der Waals surface area contributed by atoms with Crippen LogP contribution < -0.4 is 0 Å². The highest BCUT2D eigenvalue weighted by Crippen LogP contribution is 2.14. The largest absolute Gasteiger partial charge is 0.457 e. The van der Waals surface area contributed by atoms with Crippen LogP contribution in [0.1, 0.15) is 0 Å². The number of halogens is 5. The maximum absolute atomic E-state index is 11.0. The van der Waals surface area contributed by atoms with Gasteiger partial charge in [-0.2, -0.15) is 22.0 Å². The van der Waals surface area contributed by atoms with Crippen LogP contribution in [-0.2, 0) is 5.11 Å². The monoisotopic (exact) mass is 159 g/mol. The second-order valence-corrected chi connectivity index (χ2v) is 1.26. The molecule has 10 heavy (non-hydrogen) atoms. The first-order valence-electron chi connectivity index (χ1n) is 1.90. The summed E-state index contributed by atoms with van der Waals surface area (Å²) in [4.78, 5) is 0. The van der Waals surface area contributed by atoms with E-state index in [9.17, 15) is 22.0 Å². The zero-order valence-electron chi connectivity index (χ0n) is 4.30. The molecular formula is C4F5O. The molecule has 1 nitrogen and oxygen atoms in total. The molecule has 57 valence electrons. The first-order valence-corrected chi connectivity index (χ1v) is 1.90. The molecule has 0 N–H and O–H groups in total. The van der Waals surface area contributed by atoms with Crippen molar-refractivity contribution in [2.24, 2.45) is 0 Å². The van der Waals surface area contributed by atoms with Gasteiger partial charge in [-0.05, 0) is 0 Å². The number of rotatable bonds is 0. The van der Waals surface area contributed by atoms with Crippen molar-refractivity contribution in [3.8, 4) is 11.8 Å². The van der Waals surface area contributed by atoms with Gasteiger partial charge in [0.2, 0.25) is 0 Å². The van der Waals surface area contributed by atoms with Gasteiger partial charge in [-0.1, -0.05) is 0 Å². The molecule has 0 amide bonds.